The van der Waals surface area contributed by atoms with Crippen molar-refractivity contribution in [1.29, 1.82) is 0 Å². The number of rotatable bonds is 3. The molecule has 0 aromatic carbocycles. The molecule has 15 heavy (non-hydrogen) atoms. The highest BCUT2D eigenvalue weighted by molar-refractivity contribution is 6.16. The summed E-state index contributed by atoms with van der Waals surface area (Å²) >= 11 is 0. The van der Waals surface area contributed by atoms with Crippen molar-refractivity contribution in [2.75, 3.05) is 5.01 Å². The number of carbonyl (C=O) groups excluding carboxylic acids is 1. The number of H-pyrrole nitrogens is 1. The molecule has 0 unspecified atom stereocenters. The molecule has 2 heterocycles. The van der Waals surface area contributed by atoms with E-state index in [1.807, 2.05) is 0 Å². The maximum Gasteiger partial charge on any atom is 0.309 e. The van der Waals surface area contributed by atoms with Crippen molar-refractivity contribution in [3.63, 3.8) is 0 Å². The van der Waals surface area contributed by atoms with Gasteiger partial charge in [-0.3, -0.25) is 14.7 Å². The first-order valence-electron chi connectivity index (χ1n) is 4.27. The predicted octanol–water partition coefficient (Wildman–Crippen LogP) is -0.0229. The molecule has 1 aromatic rings. The molecule has 0 atom stereocenters. The van der Waals surface area contributed by atoms with Crippen LogP contribution in [0.5, 0.6) is 0 Å². The van der Waals surface area contributed by atoms with Crippen molar-refractivity contribution < 1.29 is 14.7 Å². The molecular weight excluding hydrogens is 200 g/mol. The normalized spacial score (nSPS) is 15.6. The molecule has 0 saturated heterocycles. The lowest BCUT2D eigenvalue weighted by Crippen LogP contribution is -2.19. The summed E-state index contributed by atoms with van der Waals surface area (Å²) < 4.78 is 0. The molecule has 1 amide bonds. The van der Waals surface area contributed by atoms with Crippen LogP contribution in [-0.2, 0) is 9.59 Å². The Kier molecular flexibility index (Phi) is 2.20. The minimum absolute atomic E-state index is 0.0469. The molecule has 7 nitrogen and oxygen atoms in total. The van der Waals surface area contributed by atoms with Crippen LogP contribution in [-0.4, -0.2) is 32.9 Å². The van der Waals surface area contributed by atoms with Gasteiger partial charge < -0.3 is 5.11 Å². The number of aromatic amines is 1. The van der Waals surface area contributed by atoms with Crippen LogP contribution < -0.4 is 5.01 Å². The molecule has 0 bridgehead atoms. The Bertz CT molecular complexity index is 423. The summed E-state index contributed by atoms with van der Waals surface area (Å²) in [6.07, 6.45) is 1.33. The SMILES string of the molecule is O=C(O)CC1=NN(c2ccn[nH]2)C(=O)C1. The molecule has 0 aliphatic carbocycles. The third kappa shape index (κ3) is 1.85. The molecule has 2 rings (SSSR count). The van der Waals surface area contributed by atoms with E-state index in [0.717, 1.165) is 5.01 Å². The number of aliphatic carboxylic acids is 1. The van der Waals surface area contributed by atoms with E-state index in [2.05, 4.69) is 15.3 Å². The van der Waals surface area contributed by atoms with Gasteiger partial charge in [0, 0.05) is 6.07 Å². The summed E-state index contributed by atoms with van der Waals surface area (Å²) in [4.78, 5) is 21.9. The number of nitrogens with zero attached hydrogens (tertiary/aromatic N) is 3. The molecule has 0 saturated carbocycles. The minimum atomic E-state index is -0.993. The van der Waals surface area contributed by atoms with Crippen LogP contribution in [0.15, 0.2) is 17.4 Å². The number of carbonyl (C=O) groups is 2. The van der Waals surface area contributed by atoms with Crippen LogP contribution in [0, 0.1) is 0 Å². The first kappa shape index (κ1) is 9.38. The standard InChI is InChI=1S/C8H8N4O3/c13-7-3-5(4-8(14)15)11-12(7)6-1-2-9-10-6/h1-2H,3-4H2,(H,9,10)(H,14,15). The Morgan fingerprint density at radius 2 is 2.47 bits per heavy atom. The van der Waals surface area contributed by atoms with Gasteiger partial charge in [-0.25, -0.2) is 0 Å². The molecule has 1 aromatic heterocycles. The number of hydrogen-bond donors (Lipinski definition) is 2. The summed E-state index contributed by atoms with van der Waals surface area (Å²) in [7, 11) is 0. The first-order valence-corrected chi connectivity index (χ1v) is 4.27. The number of hydrazone groups is 1. The fraction of sp³-hybridized carbons (Fsp3) is 0.250. The maximum absolute atomic E-state index is 11.4. The Balaban J connectivity index is 2.17. The lowest BCUT2D eigenvalue weighted by Gasteiger charge is -2.06. The lowest BCUT2D eigenvalue weighted by molar-refractivity contribution is -0.135. The van der Waals surface area contributed by atoms with Crippen molar-refractivity contribution in [3.8, 4) is 0 Å². The van der Waals surface area contributed by atoms with Crippen molar-refractivity contribution in [1.82, 2.24) is 10.2 Å². The van der Waals surface area contributed by atoms with Crippen LogP contribution in [0.25, 0.3) is 0 Å². The summed E-state index contributed by atoms with van der Waals surface area (Å²) in [5.74, 6) is -0.802. The second kappa shape index (κ2) is 3.52. The zero-order valence-electron chi connectivity index (χ0n) is 7.67. The number of nitrogens with one attached hydrogen (secondary N) is 1. The van der Waals surface area contributed by atoms with Crippen molar-refractivity contribution in [3.05, 3.63) is 12.3 Å². The summed E-state index contributed by atoms with van der Waals surface area (Å²) in [6, 6.07) is 1.59. The van der Waals surface area contributed by atoms with Gasteiger partial charge in [0.25, 0.3) is 5.91 Å². The van der Waals surface area contributed by atoms with Crippen molar-refractivity contribution in [2.45, 2.75) is 12.8 Å². The zero-order valence-corrected chi connectivity index (χ0v) is 7.67. The Morgan fingerprint density at radius 1 is 1.67 bits per heavy atom. The molecule has 2 N–H and O–H groups in total. The molecule has 0 spiro atoms. The van der Waals surface area contributed by atoms with E-state index in [1.165, 1.54) is 6.20 Å². The maximum atomic E-state index is 11.4. The third-order valence-electron chi connectivity index (χ3n) is 1.90. The van der Waals surface area contributed by atoms with Crippen LogP contribution >= 0.6 is 0 Å². The summed E-state index contributed by atoms with van der Waals surface area (Å²) in [5.41, 5.74) is 0.349. The predicted molar refractivity (Wildman–Crippen MR) is 50.4 cm³/mol. The van der Waals surface area contributed by atoms with E-state index >= 15 is 0 Å². The molecule has 1 aliphatic heterocycles. The molecule has 78 valence electrons. The number of carboxylic acids is 1. The molecule has 0 radical (unpaired) electrons. The van der Waals surface area contributed by atoms with Crippen molar-refractivity contribution in [2.24, 2.45) is 5.10 Å². The minimum Gasteiger partial charge on any atom is -0.481 e. The van der Waals surface area contributed by atoms with Crippen molar-refractivity contribution >= 4 is 23.4 Å². The van der Waals surface area contributed by atoms with Crippen LogP contribution in [0.2, 0.25) is 0 Å². The molecular formula is C8H8N4O3. The Labute approximate surface area is 84.4 Å². The highest BCUT2D eigenvalue weighted by atomic mass is 16.4. The molecule has 0 fully saturated rings. The van der Waals surface area contributed by atoms with Gasteiger partial charge in [-0.15, -0.1) is 0 Å². The summed E-state index contributed by atoms with van der Waals surface area (Å²) in [6.45, 7) is 0. The number of carboxylic acid groups (broad SMARTS) is 1. The number of amides is 1. The number of aromatic nitrogens is 2. The second-order valence-corrected chi connectivity index (χ2v) is 3.06. The average molecular weight is 208 g/mol. The van der Waals surface area contributed by atoms with Gasteiger partial charge >= 0.3 is 5.97 Å². The van der Waals surface area contributed by atoms with Gasteiger partial charge in [-0.1, -0.05) is 0 Å². The van der Waals surface area contributed by atoms with Gasteiger partial charge in [0.15, 0.2) is 5.82 Å². The van der Waals surface area contributed by atoms with Gasteiger partial charge in [-0.2, -0.15) is 15.2 Å². The van der Waals surface area contributed by atoms with Gasteiger partial charge in [0.2, 0.25) is 0 Å². The molecule has 7 heteroatoms. The lowest BCUT2D eigenvalue weighted by atomic mass is 10.2. The van der Waals surface area contributed by atoms with E-state index in [-0.39, 0.29) is 18.7 Å². The topological polar surface area (TPSA) is 98.6 Å². The number of hydrogen-bond acceptors (Lipinski definition) is 4. The van der Waals surface area contributed by atoms with Gasteiger partial charge in [-0.05, 0) is 0 Å². The van der Waals surface area contributed by atoms with Gasteiger partial charge in [0.05, 0.1) is 24.8 Å². The van der Waals surface area contributed by atoms with E-state index in [0.29, 0.717) is 11.5 Å². The zero-order chi connectivity index (χ0) is 10.8. The Morgan fingerprint density at radius 3 is 3.07 bits per heavy atom. The number of anilines is 1. The Hall–Kier alpha value is -2.18. The van der Waals surface area contributed by atoms with Crippen LogP contribution in [0.1, 0.15) is 12.8 Å². The van der Waals surface area contributed by atoms with E-state index in [1.54, 1.807) is 6.07 Å². The average Bonchev–Trinajstić information content (AvgIpc) is 2.72. The fourth-order valence-electron chi connectivity index (χ4n) is 1.31. The van der Waals surface area contributed by atoms with E-state index in [4.69, 9.17) is 5.11 Å². The largest absolute Gasteiger partial charge is 0.481 e. The van der Waals surface area contributed by atoms with E-state index < -0.39 is 5.97 Å². The van der Waals surface area contributed by atoms with Crippen LogP contribution in [0.3, 0.4) is 0 Å². The molecule has 1 aliphatic rings. The van der Waals surface area contributed by atoms with Crippen LogP contribution in [0.4, 0.5) is 5.82 Å². The smallest absolute Gasteiger partial charge is 0.309 e. The second-order valence-electron chi connectivity index (χ2n) is 3.06. The monoisotopic (exact) mass is 208 g/mol. The third-order valence-corrected chi connectivity index (χ3v) is 1.90. The fourth-order valence-corrected chi connectivity index (χ4v) is 1.31. The van der Waals surface area contributed by atoms with Gasteiger partial charge in [0.1, 0.15) is 0 Å². The first-order chi connectivity index (χ1) is 7.16. The highest BCUT2D eigenvalue weighted by Gasteiger charge is 2.26. The quantitative estimate of drug-likeness (QED) is 0.728. The highest BCUT2D eigenvalue weighted by Crippen LogP contribution is 2.17. The van der Waals surface area contributed by atoms with E-state index in [9.17, 15) is 9.59 Å². The summed E-state index contributed by atoms with van der Waals surface area (Å²) in [5, 5.41) is 19.8.